The van der Waals surface area contributed by atoms with E-state index < -0.39 is 17.8 Å². The van der Waals surface area contributed by atoms with Crippen molar-refractivity contribution in [3.8, 4) is 0 Å². The Labute approximate surface area is 150 Å². The van der Waals surface area contributed by atoms with Crippen molar-refractivity contribution in [2.45, 2.75) is 43.8 Å². The maximum atomic E-state index is 12.8. The second kappa shape index (κ2) is 8.06. The monoisotopic (exact) mass is 362 g/mol. The van der Waals surface area contributed by atoms with Crippen molar-refractivity contribution in [2.75, 3.05) is 0 Å². The zero-order chi connectivity index (χ0) is 18.6. The van der Waals surface area contributed by atoms with Crippen molar-refractivity contribution >= 4 is 6.08 Å². The summed E-state index contributed by atoms with van der Waals surface area (Å²) in [4.78, 5) is 0. The molecule has 138 valence electrons. The molecule has 1 fully saturated rings. The molecule has 0 radical (unpaired) electrons. The van der Waals surface area contributed by atoms with E-state index in [-0.39, 0.29) is 12.2 Å². The average Bonchev–Trinajstić information content (AvgIpc) is 2.62. The van der Waals surface area contributed by atoms with E-state index in [9.17, 15) is 18.3 Å². The van der Waals surface area contributed by atoms with Crippen molar-refractivity contribution in [3.63, 3.8) is 0 Å². The number of benzene rings is 2. The number of ether oxygens (including phenoxy) is 1. The van der Waals surface area contributed by atoms with Crippen molar-refractivity contribution in [2.24, 2.45) is 0 Å². The van der Waals surface area contributed by atoms with E-state index >= 15 is 0 Å². The highest BCUT2D eigenvalue weighted by molar-refractivity contribution is 5.50. The van der Waals surface area contributed by atoms with Gasteiger partial charge in [-0.25, -0.2) is 0 Å². The number of aliphatic hydroxyl groups excluding tert-OH is 1. The molecule has 3 rings (SSSR count). The van der Waals surface area contributed by atoms with Crippen LogP contribution >= 0.6 is 0 Å². The van der Waals surface area contributed by atoms with Crippen molar-refractivity contribution in [1.29, 1.82) is 0 Å². The normalized spacial score (nSPS) is 24.1. The van der Waals surface area contributed by atoms with Crippen molar-refractivity contribution < 1.29 is 23.0 Å². The molecule has 5 heteroatoms. The van der Waals surface area contributed by atoms with E-state index in [2.05, 4.69) is 0 Å². The Bertz CT molecular complexity index is 740. The molecule has 2 aromatic carbocycles. The van der Waals surface area contributed by atoms with Gasteiger partial charge in [-0.1, -0.05) is 54.6 Å². The van der Waals surface area contributed by atoms with Crippen LogP contribution in [0.3, 0.4) is 0 Å². The summed E-state index contributed by atoms with van der Waals surface area (Å²) in [7, 11) is 0. The first-order chi connectivity index (χ1) is 12.4. The van der Waals surface area contributed by atoms with Crippen LogP contribution in [0.25, 0.3) is 6.08 Å². The summed E-state index contributed by atoms with van der Waals surface area (Å²) in [6, 6.07) is 14.9. The van der Waals surface area contributed by atoms with Gasteiger partial charge in [0.2, 0.25) is 0 Å². The molecule has 0 bridgehead atoms. The molecule has 0 amide bonds. The van der Waals surface area contributed by atoms with E-state index in [4.69, 9.17) is 4.74 Å². The van der Waals surface area contributed by atoms with Gasteiger partial charge in [-0.05, 0) is 36.1 Å². The van der Waals surface area contributed by atoms with Gasteiger partial charge in [0.05, 0.1) is 23.9 Å². The fourth-order valence-corrected chi connectivity index (χ4v) is 3.20. The zero-order valence-corrected chi connectivity index (χ0v) is 14.2. The minimum Gasteiger partial charge on any atom is -0.393 e. The summed E-state index contributed by atoms with van der Waals surface area (Å²) in [5.74, 6) is 0. The maximum Gasteiger partial charge on any atom is 0.416 e. The lowest BCUT2D eigenvalue weighted by Gasteiger charge is -2.33. The molecule has 2 nitrogen and oxygen atoms in total. The van der Waals surface area contributed by atoms with Gasteiger partial charge >= 0.3 is 6.18 Å². The third kappa shape index (κ3) is 4.96. The SMILES string of the molecule is O[C@H]1C[C@H](C/C=C/c2cccc(C(F)(F)F)c2)O[C@H](c2ccccc2)C1. The molecule has 0 spiro atoms. The summed E-state index contributed by atoms with van der Waals surface area (Å²) >= 11 is 0. The van der Waals surface area contributed by atoms with Gasteiger partial charge in [0.15, 0.2) is 0 Å². The highest BCUT2D eigenvalue weighted by atomic mass is 19.4. The molecule has 0 saturated carbocycles. The van der Waals surface area contributed by atoms with Gasteiger partial charge in [-0.3, -0.25) is 0 Å². The summed E-state index contributed by atoms with van der Waals surface area (Å²) in [6.07, 6.45) is -0.0234. The van der Waals surface area contributed by atoms with Crippen LogP contribution in [0.4, 0.5) is 13.2 Å². The largest absolute Gasteiger partial charge is 0.416 e. The smallest absolute Gasteiger partial charge is 0.393 e. The third-order valence-corrected chi connectivity index (χ3v) is 4.47. The molecule has 1 heterocycles. The highest BCUT2D eigenvalue weighted by Gasteiger charge is 2.30. The second-order valence-electron chi connectivity index (χ2n) is 6.54. The summed E-state index contributed by atoms with van der Waals surface area (Å²) in [6.45, 7) is 0. The Hall–Kier alpha value is -2.11. The van der Waals surface area contributed by atoms with E-state index in [1.807, 2.05) is 30.3 Å². The molecular weight excluding hydrogens is 341 g/mol. The van der Waals surface area contributed by atoms with E-state index in [0.717, 1.165) is 17.7 Å². The van der Waals surface area contributed by atoms with Crippen LogP contribution in [-0.4, -0.2) is 17.3 Å². The lowest BCUT2D eigenvalue weighted by Crippen LogP contribution is -2.31. The average molecular weight is 362 g/mol. The van der Waals surface area contributed by atoms with Gasteiger partial charge in [-0.15, -0.1) is 0 Å². The molecule has 26 heavy (non-hydrogen) atoms. The molecule has 1 N–H and O–H groups in total. The second-order valence-corrected chi connectivity index (χ2v) is 6.54. The van der Waals surface area contributed by atoms with Gasteiger partial charge in [-0.2, -0.15) is 13.2 Å². The van der Waals surface area contributed by atoms with Crippen molar-refractivity contribution in [1.82, 2.24) is 0 Å². The molecule has 0 aromatic heterocycles. The first-order valence-electron chi connectivity index (χ1n) is 8.64. The number of aliphatic hydroxyl groups is 1. The van der Waals surface area contributed by atoms with Crippen LogP contribution < -0.4 is 0 Å². The number of rotatable bonds is 4. The Balaban J connectivity index is 1.63. The predicted molar refractivity (Wildman–Crippen MR) is 94.4 cm³/mol. The molecule has 0 aliphatic carbocycles. The summed E-state index contributed by atoms with van der Waals surface area (Å²) in [5.41, 5.74) is 0.863. The van der Waals surface area contributed by atoms with Gasteiger partial charge in [0.25, 0.3) is 0 Å². The third-order valence-electron chi connectivity index (χ3n) is 4.47. The van der Waals surface area contributed by atoms with Crippen LogP contribution in [0.1, 0.15) is 42.1 Å². The number of halogens is 3. The van der Waals surface area contributed by atoms with E-state index in [1.165, 1.54) is 6.07 Å². The molecular formula is C21H21F3O2. The maximum absolute atomic E-state index is 12.8. The molecule has 2 aromatic rings. The lowest BCUT2D eigenvalue weighted by atomic mass is 9.94. The van der Waals surface area contributed by atoms with E-state index in [0.29, 0.717) is 24.8 Å². The van der Waals surface area contributed by atoms with Crippen LogP contribution in [0.2, 0.25) is 0 Å². The molecule has 3 atom stereocenters. The lowest BCUT2D eigenvalue weighted by molar-refractivity contribution is -0.137. The van der Waals surface area contributed by atoms with Gasteiger partial charge in [0.1, 0.15) is 0 Å². The summed E-state index contributed by atoms with van der Waals surface area (Å²) in [5, 5.41) is 10.1. The standard InChI is InChI=1S/C21H21F3O2/c22-21(23,24)17-10-4-6-15(12-17)7-5-11-19-13-18(25)14-20(26-19)16-8-2-1-3-9-16/h1-10,12,18-20,25H,11,13-14H2/b7-5+/t18-,19-,20-/m0/s1. The van der Waals surface area contributed by atoms with Gasteiger partial charge < -0.3 is 9.84 Å². The zero-order valence-electron chi connectivity index (χ0n) is 14.2. The molecule has 1 saturated heterocycles. The van der Waals surface area contributed by atoms with Crippen LogP contribution in [0.5, 0.6) is 0 Å². The summed E-state index contributed by atoms with van der Waals surface area (Å²) < 4.78 is 44.3. The van der Waals surface area contributed by atoms with Gasteiger partial charge in [0, 0.05) is 6.42 Å². The predicted octanol–water partition coefficient (Wildman–Crippen LogP) is 5.39. The quantitative estimate of drug-likeness (QED) is 0.790. The van der Waals surface area contributed by atoms with Crippen LogP contribution in [-0.2, 0) is 10.9 Å². The Morgan fingerprint density at radius 2 is 1.81 bits per heavy atom. The highest BCUT2D eigenvalue weighted by Crippen LogP contribution is 2.33. The first kappa shape index (κ1) is 18.7. The Kier molecular flexibility index (Phi) is 5.79. The Morgan fingerprint density at radius 3 is 2.54 bits per heavy atom. The minimum atomic E-state index is -4.34. The van der Waals surface area contributed by atoms with Crippen LogP contribution in [0, 0.1) is 0 Å². The minimum absolute atomic E-state index is 0.160. The molecule has 0 unspecified atom stereocenters. The fraction of sp³-hybridized carbons (Fsp3) is 0.333. The first-order valence-corrected chi connectivity index (χ1v) is 8.64. The number of alkyl halides is 3. The topological polar surface area (TPSA) is 29.5 Å². The van der Waals surface area contributed by atoms with Crippen LogP contribution in [0.15, 0.2) is 60.7 Å². The van der Waals surface area contributed by atoms with Crippen molar-refractivity contribution in [3.05, 3.63) is 77.4 Å². The molecule has 1 aliphatic heterocycles. The number of hydrogen-bond acceptors (Lipinski definition) is 2. The number of hydrogen-bond donors (Lipinski definition) is 1. The Morgan fingerprint density at radius 1 is 1.04 bits per heavy atom. The van der Waals surface area contributed by atoms with E-state index in [1.54, 1.807) is 18.2 Å². The molecule has 1 aliphatic rings. The fourth-order valence-electron chi connectivity index (χ4n) is 3.20.